The molecule has 7 nitrogen and oxygen atoms in total. The summed E-state index contributed by atoms with van der Waals surface area (Å²) in [6.45, 7) is 7.83. The molecular formula is C30H36BrN3O4S. The number of sulfonamides is 1. The smallest absolute Gasteiger partial charge is 0.264 e. The normalized spacial score (nSPS) is 12.2. The van der Waals surface area contributed by atoms with E-state index in [1.807, 2.05) is 57.2 Å². The molecule has 2 amide bonds. The predicted molar refractivity (Wildman–Crippen MR) is 159 cm³/mol. The first-order valence-electron chi connectivity index (χ1n) is 13.0. The maximum Gasteiger partial charge on any atom is 0.264 e. The van der Waals surface area contributed by atoms with E-state index in [0.29, 0.717) is 12.2 Å². The van der Waals surface area contributed by atoms with Crippen molar-refractivity contribution in [3.63, 3.8) is 0 Å². The molecule has 0 radical (unpaired) electrons. The SMILES string of the molecule is CCc1ccc(N(CC(=O)N(Cc2ccc(Br)cc2)[C@@H](C)C(=O)NCC(C)C)S(=O)(=O)c2ccccc2)cc1. The van der Waals surface area contributed by atoms with Crippen LogP contribution in [0.2, 0.25) is 0 Å². The number of anilines is 1. The Bertz CT molecular complexity index is 1350. The second kappa shape index (κ2) is 13.8. The minimum Gasteiger partial charge on any atom is -0.354 e. The average Bonchev–Trinajstić information content (AvgIpc) is 2.94. The summed E-state index contributed by atoms with van der Waals surface area (Å²) in [7, 11) is -4.07. The van der Waals surface area contributed by atoms with Gasteiger partial charge >= 0.3 is 0 Å². The third kappa shape index (κ3) is 8.16. The van der Waals surface area contributed by atoms with E-state index in [9.17, 15) is 18.0 Å². The van der Waals surface area contributed by atoms with E-state index in [-0.39, 0.29) is 23.3 Å². The molecule has 1 atom stereocenters. The fourth-order valence-electron chi connectivity index (χ4n) is 3.97. The molecule has 0 unspecified atom stereocenters. The number of rotatable bonds is 12. The van der Waals surface area contributed by atoms with Crippen LogP contribution in [0.1, 0.15) is 38.8 Å². The molecule has 3 rings (SSSR count). The van der Waals surface area contributed by atoms with Gasteiger partial charge in [-0.2, -0.15) is 0 Å². The van der Waals surface area contributed by atoms with E-state index in [2.05, 4.69) is 21.2 Å². The highest BCUT2D eigenvalue weighted by Gasteiger charge is 2.32. The first-order valence-corrected chi connectivity index (χ1v) is 15.2. The Morgan fingerprint density at radius 2 is 1.46 bits per heavy atom. The van der Waals surface area contributed by atoms with Gasteiger partial charge < -0.3 is 10.2 Å². The zero-order valence-corrected chi connectivity index (χ0v) is 25.2. The maximum absolute atomic E-state index is 13.9. The number of carbonyl (C=O) groups is 2. The van der Waals surface area contributed by atoms with Crippen molar-refractivity contribution in [3.05, 3.63) is 94.5 Å². The Morgan fingerprint density at radius 1 is 0.872 bits per heavy atom. The van der Waals surface area contributed by atoms with Crippen LogP contribution < -0.4 is 9.62 Å². The van der Waals surface area contributed by atoms with Crippen molar-refractivity contribution in [2.45, 2.75) is 51.6 Å². The number of benzene rings is 3. The van der Waals surface area contributed by atoms with Crippen LogP contribution in [0.5, 0.6) is 0 Å². The lowest BCUT2D eigenvalue weighted by molar-refractivity contribution is -0.139. The predicted octanol–water partition coefficient (Wildman–Crippen LogP) is 5.40. The molecular weight excluding hydrogens is 578 g/mol. The molecule has 3 aromatic carbocycles. The molecule has 0 aliphatic rings. The standard InChI is InChI=1S/C30H36BrN3O4S/c1-5-24-13-17-27(18-14-24)34(39(37,38)28-9-7-6-8-10-28)21-29(35)33(20-25-11-15-26(31)16-12-25)23(4)30(36)32-19-22(2)3/h6-18,22-23H,5,19-21H2,1-4H3,(H,32,36)/t23-/m0/s1. The highest BCUT2D eigenvalue weighted by Crippen LogP contribution is 2.25. The van der Waals surface area contributed by atoms with Gasteiger partial charge in [0.05, 0.1) is 10.6 Å². The van der Waals surface area contributed by atoms with Crippen molar-refractivity contribution in [2.75, 3.05) is 17.4 Å². The monoisotopic (exact) mass is 613 g/mol. The molecule has 0 fully saturated rings. The van der Waals surface area contributed by atoms with Gasteiger partial charge in [-0.05, 0) is 66.8 Å². The van der Waals surface area contributed by atoms with Gasteiger partial charge in [-0.1, -0.05) is 79.2 Å². The van der Waals surface area contributed by atoms with Crippen molar-refractivity contribution < 1.29 is 18.0 Å². The van der Waals surface area contributed by atoms with E-state index in [1.54, 1.807) is 37.3 Å². The lowest BCUT2D eigenvalue weighted by atomic mass is 10.1. The minimum absolute atomic E-state index is 0.0829. The fraction of sp³-hybridized carbons (Fsp3) is 0.333. The molecule has 0 heterocycles. The van der Waals surface area contributed by atoms with Crippen LogP contribution in [-0.2, 0) is 32.6 Å². The summed E-state index contributed by atoms with van der Waals surface area (Å²) in [5.74, 6) is -0.530. The largest absolute Gasteiger partial charge is 0.354 e. The van der Waals surface area contributed by atoms with Crippen LogP contribution in [0.4, 0.5) is 5.69 Å². The van der Waals surface area contributed by atoms with Crippen molar-refractivity contribution in [1.29, 1.82) is 0 Å². The number of hydrogen-bond donors (Lipinski definition) is 1. The molecule has 0 aliphatic carbocycles. The Kier molecular flexibility index (Phi) is 10.7. The van der Waals surface area contributed by atoms with Crippen molar-refractivity contribution >= 4 is 43.5 Å². The van der Waals surface area contributed by atoms with Crippen LogP contribution in [0, 0.1) is 5.92 Å². The number of amides is 2. The summed E-state index contributed by atoms with van der Waals surface area (Å²) in [5, 5.41) is 2.89. The second-order valence-corrected chi connectivity index (χ2v) is 12.6. The number of carbonyl (C=O) groups excluding carboxylic acids is 2. The molecule has 1 N–H and O–H groups in total. The van der Waals surface area contributed by atoms with E-state index >= 15 is 0 Å². The summed E-state index contributed by atoms with van der Waals surface area (Å²) in [5.41, 5.74) is 2.25. The molecule has 0 spiro atoms. The Balaban J connectivity index is 1.99. The van der Waals surface area contributed by atoms with E-state index in [0.717, 1.165) is 26.3 Å². The first kappa shape index (κ1) is 30.4. The van der Waals surface area contributed by atoms with Crippen molar-refractivity contribution in [1.82, 2.24) is 10.2 Å². The molecule has 0 saturated carbocycles. The summed E-state index contributed by atoms with van der Waals surface area (Å²) in [6, 6.07) is 21.8. The average molecular weight is 615 g/mol. The lowest BCUT2D eigenvalue weighted by Crippen LogP contribution is -2.51. The van der Waals surface area contributed by atoms with Gasteiger partial charge in [0.25, 0.3) is 10.0 Å². The quantitative estimate of drug-likeness (QED) is 0.296. The third-order valence-electron chi connectivity index (χ3n) is 6.36. The first-order chi connectivity index (χ1) is 18.5. The summed E-state index contributed by atoms with van der Waals surface area (Å²) < 4.78 is 29.6. The Morgan fingerprint density at radius 3 is 2.03 bits per heavy atom. The molecule has 9 heteroatoms. The lowest BCUT2D eigenvalue weighted by Gasteiger charge is -2.32. The van der Waals surface area contributed by atoms with E-state index in [4.69, 9.17) is 0 Å². The topological polar surface area (TPSA) is 86.8 Å². The van der Waals surface area contributed by atoms with E-state index < -0.39 is 28.5 Å². The number of halogens is 1. The summed E-state index contributed by atoms with van der Waals surface area (Å²) >= 11 is 3.42. The molecule has 0 aromatic heterocycles. The number of nitrogens with one attached hydrogen (secondary N) is 1. The molecule has 0 saturated heterocycles. The van der Waals surface area contributed by atoms with Gasteiger partial charge in [-0.3, -0.25) is 13.9 Å². The summed E-state index contributed by atoms with van der Waals surface area (Å²) in [6.07, 6.45) is 0.800. The third-order valence-corrected chi connectivity index (χ3v) is 8.68. The Labute approximate surface area is 240 Å². The number of nitrogens with zero attached hydrogens (tertiary/aromatic N) is 2. The van der Waals surface area contributed by atoms with Gasteiger partial charge in [-0.25, -0.2) is 8.42 Å². The van der Waals surface area contributed by atoms with Crippen molar-refractivity contribution in [2.24, 2.45) is 5.92 Å². The molecule has 208 valence electrons. The highest BCUT2D eigenvalue weighted by molar-refractivity contribution is 9.10. The zero-order chi connectivity index (χ0) is 28.6. The Hall–Kier alpha value is -3.17. The number of hydrogen-bond acceptors (Lipinski definition) is 4. The van der Waals surface area contributed by atoms with Crippen LogP contribution in [-0.4, -0.2) is 44.3 Å². The van der Waals surface area contributed by atoms with Crippen LogP contribution in [0.15, 0.2) is 88.2 Å². The molecule has 0 bridgehead atoms. The van der Waals surface area contributed by atoms with Gasteiger partial charge in [0.15, 0.2) is 0 Å². The zero-order valence-electron chi connectivity index (χ0n) is 22.8. The van der Waals surface area contributed by atoms with Crippen LogP contribution in [0.25, 0.3) is 0 Å². The van der Waals surface area contributed by atoms with Crippen LogP contribution in [0.3, 0.4) is 0 Å². The van der Waals surface area contributed by atoms with Gasteiger partial charge in [0.1, 0.15) is 12.6 Å². The number of aryl methyl sites for hydroxylation is 1. The molecule has 39 heavy (non-hydrogen) atoms. The van der Waals surface area contributed by atoms with Crippen LogP contribution >= 0.6 is 15.9 Å². The molecule has 0 aliphatic heterocycles. The van der Waals surface area contributed by atoms with Crippen molar-refractivity contribution in [3.8, 4) is 0 Å². The van der Waals surface area contributed by atoms with Gasteiger partial charge in [0, 0.05) is 17.6 Å². The van der Waals surface area contributed by atoms with E-state index in [1.165, 1.54) is 17.0 Å². The highest BCUT2D eigenvalue weighted by atomic mass is 79.9. The maximum atomic E-state index is 13.9. The second-order valence-electron chi connectivity index (χ2n) is 9.81. The fourth-order valence-corrected chi connectivity index (χ4v) is 5.67. The van der Waals surface area contributed by atoms with Gasteiger partial charge in [-0.15, -0.1) is 0 Å². The van der Waals surface area contributed by atoms with Gasteiger partial charge in [0.2, 0.25) is 11.8 Å². The minimum atomic E-state index is -4.07. The summed E-state index contributed by atoms with van der Waals surface area (Å²) in [4.78, 5) is 28.5. The molecule has 3 aromatic rings.